The van der Waals surface area contributed by atoms with E-state index < -0.39 is 51.4 Å². The number of aromatic nitrogens is 1. The molecule has 0 bridgehead atoms. The fourth-order valence-corrected chi connectivity index (χ4v) is 8.33. The molecule has 6 rings (SSSR count). The Balaban J connectivity index is 1.41. The number of carbonyl (C=O) groups excluding carboxylic acids is 3. The molecule has 0 radical (unpaired) electrons. The van der Waals surface area contributed by atoms with Crippen LogP contribution in [0.2, 0.25) is 5.02 Å². The maximum Gasteiger partial charge on any atom is 0.416 e. The largest absolute Gasteiger partial charge is 0.416 e. The predicted molar refractivity (Wildman–Crippen MR) is 159 cm³/mol. The Bertz CT molecular complexity index is 1840. The van der Waals surface area contributed by atoms with Gasteiger partial charge >= 0.3 is 11.0 Å². The second-order valence-electron chi connectivity index (χ2n) is 10.2. The summed E-state index contributed by atoms with van der Waals surface area (Å²) in [7, 11) is 0. The Hall–Kier alpha value is -3.87. The van der Waals surface area contributed by atoms with Gasteiger partial charge in [0, 0.05) is 21.5 Å². The first-order chi connectivity index (χ1) is 20.4. The van der Waals surface area contributed by atoms with Gasteiger partial charge in [-0.2, -0.15) is 13.2 Å². The van der Waals surface area contributed by atoms with Crippen molar-refractivity contribution in [3.63, 3.8) is 0 Å². The summed E-state index contributed by atoms with van der Waals surface area (Å²) < 4.78 is 41.7. The highest BCUT2D eigenvalue weighted by atomic mass is 35.5. The molecule has 0 saturated carbocycles. The zero-order valence-corrected chi connectivity index (χ0v) is 24.6. The second-order valence-corrected chi connectivity index (χ2v) is 12.8. The van der Waals surface area contributed by atoms with E-state index in [2.05, 4.69) is 5.32 Å². The van der Waals surface area contributed by atoms with Crippen molar-refractivity contribution < 1.29 is 27.6 Å². The van der Waals surface area contributed by atoms with Crippen LogP contribution in [0.15, 0.2) is 82.6 Å². The van der Waals surface area contributed by atoms with E-state index in [0.717, 1.165) is 51.8 Å². The molecular formula is C30H21ClF3N3O4S2. The maximum absolute atomic E-state index is 13.9. The number of anilines is 2. The summed E-state index contributed by atoms with van der Waals surface area (Å²) in [4.78, 5) is 54.8. The molecule has 2 aliphatic heterocycles. The van der Waals surface area contributed by atoms with Crippen LogP contribution < -0.4 is 15.1 Å². The smallest absolute Gasteiger partial charge is 0.325 e. The SMILES string of the molecule is Cc1cccc(NC(=O)Cn2c3c(sc2=O)C(c2ccc(Cl)cc2)C2C(=O)N(c4cccc(C(F)(F)F)c4)C(=O)C2S3)c1. The van der Waals surface area contributed by atoms with Crippen molar-refractivity contribution in [2.45, 2.75) is 35.8 Å². The zero-order chi connectivity index (χ0) is 30.6. The van der Waals surface area contributed by atoms with Crippen molar-refractivity contribution in [1.29, 1.82) is 0 Å². The molecule has 3 unspecified atom stereocenters. The Morgan fingerprint density at radius 2 is 1.70 bits per heavy atom. The zero-order valence-electron chi connectivity index (χ0n) is 22.2. The third-order valence-electron chi connectivity index (χ3n) is 7.31. The Morgan fingerprint density at radius 3 is 2.40 bits per heavy atom. The van der Waals surface area contributed by atoms with E-state index in [1.165, 1.54) is 10.6 Å². The number of nitrogens with zero attached hydrogens (tertiary/aromatic N) is 2. The molecule has 0 aliphatic carbocycles. The number of fused-ring (bicyclic) bond motifs is 2. The van der Waals surface area contributed by atoms with Gasteiger partial charge in [-0.05, 0) is 60.5 Å². The highest BCUT2D eigenvalue weighted by Crippen LogP contribution is 2.54. The number of benzene rings is 3. The van der Waals surface area contributed by atoms with E-state index in [4.69, 9.17) is 11.6 Å². The van der Waals surface area contributed by atoms with E-state index in [-0.39, 0.29) is 12.2 Å². The number of rotatable bonds is 5. The average Bonchev–Trinajstić information content (AvgIpc) is 3.39. The monoisotopic (exact) mass is 643 g/mol. The molecular weight excluding hydrogens is 623 g/mol. The van der Waals surface area contributed by atoms with E-state index >= 15 is 0 Å². The van der Waals surface area contributed by atoms with Gasteiger partial charge in [0.15, 0.2) is 0 Å². The summed E-state index contributed by atoms with van der Waals surface area (Å²) >= 11 is 7.96. The Kier molecular flexibility index (Phi) is 7.47. The van der Waals surface area contributed by atoms with E-state index in [9.17, 15) is 32.3 Å². The predicted octanol–water partition coefficient (Wildman–Crippen LogP) is 6.32. The molecule has 2 aliphatic rings. The van der Waals surface area contributed by atoms with Crippen LogP contribution >= 0.6 is 34.7 Å². The van der Waals surface area contributed by atoms with Gasteiger partial charge in [0.25, 0.3) is 0 Å². The summed E-state index contributed by atoms with van der Waals surface area (Å²) in [6.07, 6.45) is -4.67. The van der Waals surface area contributed by atoms with Gasteiger partial charge in [0.1, 0.15) is 11.8 Å². The molecule has 1 aromatic heterocycles. The third kappa shape index (κ3) is 5.39. The number of hydrogen-bond acceptors (Lipinski definition) is 6. The lowest BCUT2D eigenvalue weighted by Crippen LogP contribution is -2.33. The van der Waals surface area contributed by atoms with Gasteiger partial charge in [0.2, 0.25) is 17.7 Å². The van der Waals surface area contributed by atoms with Crippen LogP contribution in [0, 0.1) is 12.8 Å². The number of carbonyl (C=O) groups is 3. The average molecular weight is 644 g/mol. The molecule has 13 heteroatoms. The van der Waals surface area contributed by atoms with Crippen LogP contribution in [0.25, 0.3) is 0 Å². The van der Waals surface area contributed by atoms with Crippen LogP contribution in [0.4, 0.5) is 24.5 Å². The van der Waals surface area contributed by atoms with Gasteiger partial charge in [-0.3, -0.25) is 23.7 Å². The molecule has 220 valence electrons. The van der Waals surface area contributed by atoms with Crippen molar-refractivity contribution in [3.8, 4) is 0 Å². The molecule has 43 heavy (non-hydrogen) atoms. The minimum atomic E-state index is -4.67. The summed E-state index contributed by atoms with van der Waals surface area (Å²) in [5.41, 5.74) is 0.917. The lowest BCUT2D eigenvalue weighted by molar-refractivity contribution is -0.137. The second kappa shape index (κ2) is 11.0. The normalized spacial score (nSPS) is 19.7. The molecule has 3 aromatic carbocycles. The Morgan fingerprint density at radius 1 is 0.977 bits per heavy atom. The first-order valence-corrected chi connectivity index (χ1v) is 15.1. The molecule has 1 fully saturated rings. The number of alkyl halides is 3. The van der Waals surface area contributed by atoms with Crippen LogP contribution in [0.5, 0.6) is 0 Å². The van der Waals surface area contributed by atoms with E-state index in [1.54, 1.807) is 42.5 Å². The molecule has 7 nitrogen and oxygen atoms in total. The standard InChI is InChI=1S/C30H21ClF3N3O4S2/c1-15-4-2-6-19(12-15)35-21(38)14-36-28-25(43-29(36)41)22(16-8-10-18(31)11-9-16)23-24(42-28)27(40)37(26(23)39)20-7-3-5-17(13-20)30(32,33)34/h2-13,22-24H,14H2,1H3,(H,35,38). The van der Waals surface area contributed by atoms with Gasteiger partial charge in [0.05, 0.1) is 22.2 Å². The maximum atomic E-state index is 13.9. The van der Waals surface area contributed by atoms with Crippen molar-refractivity contribution in [1.82, 2.24) is 4.57 Å². The molecule has 4 aromatic rings. The van der Waals surface area contributed by atoms with Crippen LogP contribution in [-0.4, -0.2) is 27.5 Å². The van der Waals surface area contributed by atoms with Crippen molar-refractivity contribution in [3.05, 3.63) is 109 Å². The van der Waals surface area contributed by atoms with Crippen molar-refractivity contribution in [2.75, 3.05) is 10.2 Å². The first-order valence-electron chi connectivity index (χ1n) is 13.0. The van der Waals surface area contributed by atoms with Gasteiger partial charge in [-0.1, -0.05) is 65.0 Å². The minimum Gasteiger partial charge on any atom is -0.325 e. The molecule has 1 N–H and O–H groups in total. The molecule has 0 spiro atoms. The highest BCUT2D eigenvalue weighted by molar-refractivity contribution is 8.00. The molecule has 3 heterocycles. The van der Waals surface area contributed by atoms with Crippen LogP contribution in [0.3, 0.4) is 0 Å². The number of hydrogen-bond donors (Lipinski definition) is 1. The number of halogens is 4. The lowest BCUT2D eigenvalue weighted by Gasteiger charge is -2.30. The van der Waals surface area contributed by atoms with Crippen LogP contribution in [0.1, 0.15) is 27.5 Å². The lowest BCUT2D eigenvalue weighted by atomic mass is 9.83. The van der Waals surface area contributed by atoms with Crippen molar-refractivity contribution >= 4 is 63.8 Å². The summed E-state index contributed by atoms with van der Waals surface area (Å²) in [5.74, 6) is -3.60. The summed E-state index contributed by atoms with van der Waals surface area (Å²) in [6, 6.07) is 17.8. The first kappa shape index (κ1) is 29.2. The minimum absolute atomic E-state index is 0.187. The number of thioether (sulfide) groups is 1. The number of imide groups is 1. The topological polar surface area (TPSA) is 88.5 Å². The van der Waals surface area contributed by atoms with E-state index in [1.807, 2.05) is 13.0 Å². The quantitative estimate of drug-likeness (QED) is 0.257. The summed E-state index contributed by atoms with van der Waals surface area (Å²) in [6.45, 7) is 1.54. The number of nitrogens with one attached hydrogen (secondary N) is 1. The fourth-order valence-electron chi connectivity index (χ4n) is 5.43. The Labute approximate surface area is 256 Å². The van der Waals surface area contributed by atoms with Gasteiger partial charge in [-0.25, -0.2) is 4.90 Å². The fraction of sp³-hybridized carbons (Fsp3) is 0.200. The third-order valence-corrected chi connectivity index (χ3v) is 10.2. The van der Waals surface area contributed by atoms with E-state index in [0.29, 0.717) is 26.2 Å². The van der Waals surface area contributed by atoms with Gasteiger partial charge < -0.3 is 5.32 Å². The highest BCUT2D eigenvalue weighted by Gasteiger charge is 2.57. The summed E-state index contributed by atoms with van der Waals surface area (Å²) in [5, 5.41) is 2.52. The number of thiazole rings is 1. The number of amides is 3. The van der Waals surface area contributed by atoms with Crippen molar-refractivity contribution in [2.24, 2.45) is 5.92 Å². The molecule has 1 saturated heterocycles. The molecule has 3 atom stereocenters. The van der Waals surface area contributed by atoms with Gasteiger partial charge in [-0.15, -0.1) is 0 Å². The molecule has 3 amide bonds. The number of aryl methyl sites for hydroxylation is 1. The van der Waals surface area contributed by atoms with Crippen LogP contribution in [-0.2, 0) is 27.1 Å².